The minimum absolute atomic E-state index is 0.797. The summed E-state index contributed by atoms with van der Waals surface area (Å²) >= 11 is 0. The van der Waals surface area contributed by atoms with Gasteiger partial charge in [0.15, 0.2) is 0 Å². The number of hydrogen-bond acceptors (Lipinski definition) is 6. The molecule has 2 aromatic rings. The molecule has 0 spiro atoms. The van der Waals surface area contributed by atoms with E-state index in [0.717, 1.165) is 22.5 Å². The highest BCUT2D eigenvalue weighted by Crippen LogP contribution is 2.11. The molecule has 28 heavy (non-hydrogen) atoms. The van der Waals surface area contributed by atoms with Crippen LogP contribution in [0.15, 0.2) is 58.7 Å². The predicted octanol–water partition coefficient (Wildman–Crippen LogP) is 1.42. The Morgan fingerprint density at radius 3 is 1.29 bits per heavy atom. The third-order valence-electron chi connectivity index (χ3n) is 3.78. The van der Waals surface area contributed by atoms with Crippen molar-refractivity contribution >= 4 is 35.6 Å². The fourth-order valence-electron chi connectivity index (χ4n) is 2.15. The lowest BCUT2D eigenvalue weighted by Crippen LogP contribution is -2.35. The van der Waals surface area contributed by atoms with Crippen molar-refractivity contribution in [3.8, 4) is 0 Å². The molecule has 2 aromatic carbocycles. The second kappa shape index (κ2) is 9.86. The molecule has 0 aromatic heterocycles. The molecular formula is C20H24N6O2. The maximum absolute atomic E-state index is 11.7. The van der Waals surface area contributed by atoms with Crippen LogP contribution in [0.1, 0.15) is 11.1 Å². The molecular weight excluding hydrogens is 356 g/mol. The summed E-state index contributed by atoms with van der Waals surface area (Å²) in [5, 5.41) is 7.55. The molecule has 0 heterocycles. The van der Waals surface area contributed by atoms with Crippen molar-refractivity contribution in [2.75, 3.05) is 38.0 Å². The van der Waals surface area contributed by atoms with Crippen molar-refractivity contribution in [2.24, 2.45) is 10.2 Å². The molecule has 8 nitrogen and oxygen atoms in total. The fraction of sp³-hybridized carbons (Fsp3) is 0.200. The first-order valence-electron chi connectivity index (χ1n) is 8.58. The number of nitrogens with one attached hydrogen (secondary N) is 2. The van der Waals surface area contributed by atoms with E-state index >= 15 is 0 Å². The van der Waals surface area contributed by atoms with Crippen molar-refractivity contribution < 1.29 is 9.59 Å². The van der Waals surface area contributed by atoms with Crippen LogP contribution >= 0.6 is 0 Å². The molecule has 0 aliphatic rings. The summed E-state index contributed by atoms with van der Waals surface area (Å²) in [5.74, 6) is -1.80. The maximum Gasteiger partial charge on any atom is 0.331 e. The van der Waals surface area contributed by atoms with E-state index in [0.29, 0.717) is 0 Å². The lowest BCUT2D eigenvalue weighted by atomic mass is 10.2. The Labute approximate surface area is 164 Å². The molecule has 0 aliphatic heterocycles. The summed E-state index contributed by atoms with van der Waals surface area (Å²) < 4.78 is 0. The van der Waals surface area contributed by atoms with Crippen molar-refractivity contribution in [2.45, 2.75) is 0 Å². The van der Waals surface area contributed by atoms with Crippen LogP contribution in [-0.4, -0.2) is 52.4 Å². The summed E-state index contributed by atoms with van der Waals surface area (Å²) in [4.78, 5) is 27.4. The zero-order chi connectivity index (χ0) is 20.5. The summed E-state index contributed by atoms with van der Waals surface area (Å²) in [6.07, 6.45) is 2.92. The van der Waals surface area contributed by atoms with Gasteiger partial charge in [-0.3, -0.25) is 9.59 Å². The van der Waals surface area contributed by atoms with E-state index in [-0.39, 0.29) is 0 Å². The highest BCUT2D eigenvalue weighted by molar-refractivity contribution is 6.35. The number of anilines is 2. The number of carbonyl (C=O) groups excluding carboxylic acids is 2. The predicted molar refractivity (Wildman–Crippen MR) is 113 cm³/mol. The van der Waals surface area contributed by atoms with E-state index in [9.17, 15) is 9.59 Å². The summed E-state index contributed by atoms with van der Waals surface area (Å²) in [6, 6.07) is 15.1. The number of rotatable bonds is 6. The second-order valence-corrected chi connectivity index (χ2v) is 6.37. The van der Waals surface area contributed by atoms with E-state index in [1.807, 2.05) is 86.5 Å². The summed E-state index contributed by atoms with van der Waals surface area (Å²) in [5.41, 5.74) is 8.03. The Morgan fingerprint density at radius 1 is 0.679 bits per heavy atom. The molecule has 0 bridgehead atoms. The smallest absolute Gasteiger partial charge is 0.331 e. The molecule has 2 N–H and O–H groups in total. The van der Waals surface area contributed by atoms with Gasteiger partial charge in [0.2, 0.25) is 0 Å². The molecule has 0 unspecified atom stereocenters. The Balaban J connectivity index is 1.81. The number of nitrogens with zero attached hydrogens (tertiary/aromatic N) is 4. The first-order chi connectivity index (χ1) is 13.4. The van der Waals surface area contributed by atoms with Crippen LogP contribution in [0.2, 0.25) is 0 Å². The van der Waals surface area contributed by atoms with Crippen LogP contribution in [-0.2, 0) is 9.59 Å². The zero-order valence-corrected chi connectivity index (χ0v) is 16.4. The standard InChI is InChI=1S/C20H24N6O2/c1-25(2)17-9-5-15(6-10-17)13-21-23-19(27)20(28)24-22-14-16-7-11-18(12-8-16)26(3)4/h5-14H,1-4H3,(H,23,27)(H,24,28)/b21-13+,22-14+. The van der Waals surface area contributed by atoms with Crippen LogP contribution in [0.5, 0.6) is 0 Å². The van der Waals surface area contributed by atoms with Crippen LogP contribution in [0.3, 0.4) is 0 Å². The Bertz CT molecular complexity index is 782. The maximum atomic E-state index is 11.7. The molecule has 0 atom stereocenters. The number of hydrazone groups is 2. The van der Waals surface area contributed by atoms with Gasteiger partial charge in [-0.15, -0.1) is 0 Å². The van der Waals surface area contributed by atoms with Crippen LogP contribution in [0.4, 0.5) is 11.4 Å². The first-order valence-corrected chi connectivity index (χ1v) is 8.58. The molecule has 0 radical (unpaired) electrons. The normalized spacial score (nSPS) is 10.9. The molecule has 0 aliphatic carbocycles. The Morgan fingerprint density at radius 2 is 1.00 bits per heavy atom. The SMILES string of the molecule is CN(C)c1ccc(/C=N/NC(=O)C(=O)N/N=C/c2ccc(N(C)C)cc2)cc1. The average molecular weight is 380 g/mol. The molecule has 0 fully saturated rings. The van der Waals surface area contributed by atoms with Gasteiger partial charge >= 0.3 is 11.8 Å². The zero-order valence-electron chi connectivity index (χ0n) is 16.4. The van der Waals surface area contributed by atoms with E-state index in [4.69, 9.17) is 0 Å². The Hall–Kier alpha value is -3.68. The topological polar surface area (TPSA) is 89.4 Å². The largest absolute Gasteiger partial charge is 0.378 e. The quantitative estimate of drug-likeness (QED) is 0.451. The third kappa shape index (κ3) is 6.24. The van der Waals surface area contributed by atoms with Crippen molar-refractivity contribution in [3.63, 3.8) is 0 Å². The molecule has 0 saturated heterocycles. The summed E-state index contributed by atoms with van der Waals surface area (Å²) in [6.45, 7) is 0. The average Bonchev–Trinajstić information content (AvgIpc) is 2.68. The van der Waals surface area contributed by atoms with Gasteiger partial charge in [0.25, 0.3) is 0 Å². The molecule has 2 amide bonds. The molecule has 0 saturated carbocycles. The molecule has 2 rings (SSSR count). The van der Waals surface area contributed by atoms with Gasteiger partial charge in [0.1, 0.15) is 0 Å². The van der Waals surface area contributed by atoms with Crippen LogP contribution in [0, 0.1) is 0 Å². The Kier molecular flexibility index (Phi) is 7.27. The summed E-state index contributed by atoms with van der Waals surface area (Å²) in [7, 11) is 7.79. The number of hydrogen-bond donors (Lipinski definition) is 2. The number of benzene rings is 2. The second-order valence-electron chi connectivity index (χ2n) is 6.37. The van der Waals surface area contributed by atoms with Crippen molar-refractivity contribution in [3.05, 3.63) is 59.7 Å². The number of amides is 2. The first kappa shape index (κ1) is 20.6. The van der Waals surface area contributed by atoms with Gasteiger partial charge in [-0.2, -0.15) is 10.2 Å². The van der Waals surface area contributed by atoms with Crippen molar-refractivity contribution in [1.82, 2.24) is 10.9 Å². The van der Waals surface area contributed by atoms with Gasteiger partial charge in [-0.25, -0.2) is 10.9 Å². The van der Waals surface area contributed by atoms with Crippen LogP contribution < -0.4 is 20.7 Å². The van der Waals surface area contributed by atoms with Crippen LogP contribution in [0.25, 0.3) is 0 Å². The van der Waals surface area contributed by atoms with Gasteiger partial charge in [-0.05, 0) is 35.4 Å². The monoisotopic (exact) mass is 380 g/mol. The fourth-order valence-corrected chi connectivity index (χ4v) is 2.15. The van der Waals surface area contributed by atoms with Gasteiger partial charge in [0, 0.05) is 39.6 Å². The lowest BCUT2D eigenvalue weighted by molar-refractivity contribution is -0.139. The van der Waals surface area contributed by atoms with Crippen molar-refractivity contribution in [1.29, 1.82) is 0 Å². The molecule has 146 valence electrons. The van der Waals surface area contributed by atoms with Gasteiger partial charge < -0.3 is 9.80 Å². The van der Waals surface area contributed by atoms with E-state index < -0.39 is 11.8 Å². The minimum atomic E-state index is -0.902. The minimum Gasteiger partial charge on any atom is -0.378 e. The van der Waals surface area contributed by atoms with E-state index in [1.165, 1.54) is 12.4 Å². The van der Waals surface area contributed by atoms with Gasteiger partial charge in [-0.1, -0.05) is 24.3 Å². The highest BCUT2D eigenvalue weighted by Gasteiger charge is 2.11. The highest BCUT2D eigenvalue weighted by atomic mass is 16.2. The molecule has 8 heteroatoms. The third-order valence-corrected chi connectivity index (χ3v) is 3.78. The lowest BCUT2D eigenvalue weighted by Gasteiger charge is -2.11. The van der Waals surface area contributed by atoms with Gasteiger partial charge in [0.05, 0.1) is 12.4 Å². The van der Waals surface area contributed by atoms with E-state index in [2.05, 4.69) is 21.1 Å². The number of carbonyl (C=O) groups is 2. The van der Waals surface area contributed by atoms with E-state index in [1.54, 1.807) is 0 Å².